The molecule has 0 bridgehead atoms. The van der Waals surface area contributed by atoms with Crippen molar-refractivity contribution in [2.45, 2.75) is 84.2 Å². The molecule has 2 heteroatoms. The maximum absolute atomic E-state index is 10.4. The van der Waals surface area contributed by atoms with E-state index in [2.05, 4.69) is 19.9 Å². The van der Waals surface area contributed by atoms with Gasteiger partial charge in [-0.2, -0.15) is 0 Å². The van der Waals surface area contributed by atoms with E-state index in [4.69, 9.17) is 0 Å². The van der Waals surface area contributed by atoms with Gasteiger partial charge in [0.2, 0.25) is 0 Å². The molecule has 0 aromatic rings. The van der Waals surface area contributed by atoms with Gasteiger partial charge < -0.3 is 5.11 Å². The first-order valence-electron chi connectivity index (χ1n) is 9.50. The van der Waals surface area contributed by atoms with Gasteiger partial charge in [-0.25, -0.2) is 0 Å². The Morgan fingerprint density at radius 2 is 1.55 bits per heavy atom. The molecule has 0 aromatic heterocycles. The van der Waals surface area contributed by atoms with Crippen molar-refractivity contribution in [3.63, 3.8) is 0 Å². The van der Waals surface area contributed by atoms with Gasteiger partial charge in [-0.15, -0.1) is 0 Å². The molecule has 2 saturated carbocycles. The second-order valence-corrected chi connectivity index (χ2v) is 8.43. The topological polar surface area (TPSA) is 20.2 Å². The summed E-state index contributed by atoms with van der Waals surface area (Å²) in [7, 11) is 0. The minimum Gasteiger partial charge on any atom is -0.392 e. The minimum atomic E-state index is -0.0629. The van der Waals surface area contributed by atoms with Gasteiger partial charge in [-0.1, -0.05) is 38.3 Å². The van der Waals surface area contributed by atoms with Gasteiger partial charge in [-0.05, 0) is 75.0 Å². The molecular weight excluding hydrogens is 345 g/mol. The molecule has 1 radical (unpaired) electrons. The SMILES string of the molecule is CC1CCC(C2CC=C(C3CCC(C)CC3O)CC2)CC1.[Y]. The Labute approximate surface area is 162 Å². The summed E-state index contributed by atoms with van der Waals surface area (Å²) in [5, 5.41) is 10.4. The van der Waals surface area contributed by atoms with Crippen LogP contribution in [0.5, 0.6) is 0 Å². The van der Waals surface area contributed by atoms with Crippen molar-refractivity contribution in [1.82, 2.24) is 0 Å². The Morgan fingerprint density at radius 3 is 2.14 bits per heavy atom. The number of aliphatic hydroxyl groups excluding tert-OH is 1. The molecule has 3 aliphatic rings. The molecule has 1 nitrogen and oxygen atoms in total. The fraction of sp³-hybridized carbons (Fsp3) is 0.900. The number of allylic oxidation sites excluding steroid dienone is 1. The van der Waals surface area contributed by atoms with Crippen LogP contribution in [0.2, 0.25) is 0 Å². The zero-order valence-electron chi connectivity index (χ0n) is 14.6. The van der Waals surface area contributed by atoms with Crippen LogP contribution in [0.3, 0.4) is 0 Å². The average Bonchev–Trinajstić information content (AvgIpc) is 2.48. The van der Waals surface area contributed by atoms with E-state index >= 15 is 0 Å². The van der Waals surface area contributed by atoms with Crippen molar-refractivity contribution in [2.75, 3.05) is 0 Å². The molecule has 0 aromatic carbocycles. The maximum Gasteiger partial charge on any atom is 0.0608 e. The van der Waals surface area contributed by atoms with Crippen molar-refractivity contribution in [1.29, 1.82) is 0 Å². The maximum atomic E-state index is 10.4. The first kappa shape index (κ1) is 19.1. The van der Waals surface area contributed by atoms with E-state index in [1.54, 1.807) is 5.57 Å². The molecule has 1 N–H and O–H groups in total. The second kappa shape index (κ2) is 8.77. The standard InChI is InChI=1S/C20H34O.Y/c1-14-3-6-16(7-4-14)17-8-10-18(11-9-17)19-12-5-15(2)13-20(19)21;/h10,14-17,19-21H,3-9,11-13H2,1-2H3;. The van der Waals surface area contributed by atoms with Crippen molar-refractivity contribution in [3.8, 4) is 0 Å². The van der Waals surface area contributed by atoms with Crippen molar-refractivity contribution in [2.24, 2.45) is 29.6 Å². The number of hydrogen-bond donors (Lipinski definition) is 1. The Bertz CT molecular complexity index is 370. The zero-order valence-corrected chi connectivity index (χ0v) is 17.5. The minimum absolute atomic E-state index is 0. The van der Waals surface area contributed by atoms with Crippen LogP contribution in [0.1, 0.15) is 78.1 Å². The predicted octanol–water partition coefficient (Wildman–Crippen LogP) is 5.33. The Kier molecular flexibility index (Phi) is 7.63. The van der Waals surface area contributed by atoms with Crippen LogP contribution in [-0.2, 0) is 32.7 Å². The monoisotopic (exact) mass is 379 g/mol. The number of hydrogen-bond acceptors (Lipinski definition) is 1. The van der Waals surface area contributed by atoms with Crippen molar-refractivity contribution in [3.05, 3.63) is 11.6 Å². The third-order valence-electron chi connectivity index (χ3n) is 6.77. The van der Waals surface area contributed by atoms with Gasteiger partial charge in [0, 0.05) is 38.6 Å². The third kappa shape index (κ3) is 4.67. The summed E-state index contributed by atoms with van der Waals surface area (Å²) < 4.78 is 0. The van der Waals surface area contributed by atoms with E-state index in [0.29, 0.717) is 5.92 Å². The quantitative estimate of drug-likeness (QED) is 0.643. The molecule has 4 atom stereocenters. The van der Waals surface area contributed by atoms with E-state index in [-0.39, 0.29) is 38.8 Å². The smallest absolute Gasteiger partial charge is 0.0608 e. The van der Waals surface area contributed by atoms with Crippen LogP contribution < -0.4 is 0 Å². The second-order valence-electron chi connectivity index (χ2n) is 8.43. The Balaban J connectivity index is 0.00000176. The molecule has 0 amide bonds. The first-order valence-corrected chi connectivity index (χ1v) is 9.50. The summed E-state index contributed by atoms with van der Waals surface area (Å²) in [6.07, 6.45) is 15.8. The van der Waals surface area contributed by atoms with E-state index in [1.807, 2.05) is 0 Å². The molecule has 0 saturated heterocycles. The fourth-order valence-electron chi connectivity index (χ4n) is 5.18. The Morgan fingerprint density at radius 1 is 0.864 bits per heavy atom. The van der Waals surface area contributed by atoms with Gasteiger partial charge in [-0.3, -0.25) is 0 Å². The number of aliphatic hydroxyl groups is 1. The van der Waals surface area contributed by atoms with Gasteiger partial charge in [0.1, 0.15) is 0 Å². The van der Waals surface area contributed by atoms with Gasteiger partial charge in [0.25, 0.3) is 0 Å². The molecule has 3 aliphatic carbocycles. The van der Waals surface area contributed by atoms with Crippen LogP contribution in [0.25, 0.3) is 0 Å². The molecule has 3 rings (SSSR count). The summed E-state index contributed by atoms with van der Waals surface area (Å²) in [5.41, 5.74) is 1.61. The molecule has 123 valence electrons. The van der Waals surface area contributed by atoms with E-state index < -0.39 is 0 Å². The molecule has 22 heavy (non-hydrogen) atoms. The van der Waals surface area contributed by atoms with E-state index in [1.165, 1.54) is 57.8 Å². The molecule has 0 aliphatic heterocycles. The summed E-state index contributed by atoms with van der Waals surface area (Å²) in [6.45, 7) is 4.70. The summed E-state index contributed by atoms with van der Waals surface area (Å²) in [6, 6.07) is 0. The molecule has 4 unspecified atom stereocenters. The van der Waals surface area contributed by atoms with Gasteiger partial charge >= 0.3 is 0 Å². The zero-order chi connectivity index (χ0) is 14.8. The normalized spacial score (nSPS) is 43.1. The van der Waals surface area contributed by atoms with Crippen LogP contribution >= 0.6 is 0 Å². The number of rotatable bonds is 2. The summed E-state index contributed by atoms with van der Waals surface area (Å²) in [4.78, 5) is 0. The van der Waals surface area contributed by atoms with Crippen molar-refractivity contribution < 1.29 is 37.8 Å². The van der Waals surface area contributed by atoms with E-state index in [0.717, 1.165) is 30.1 Å². The summed E-state index contributed by atoms with van der Waals surface area (Å²) in [5.74, 6) is 4.12. The fourth-order valence-corrected chi connectivity index (χ4v) is 5.18. The van der Waals surface area contributed by atoms with Crippen LogP contribution in [0.15, 0.2) is 11.6 Å². The third-order valence-corrected chi connectivity index (χ3v) is 6.77. The van der Waals surface area contributed by atoms with Gasteiger partial charge in [0.05, 0.1) is 6.10 Å². The van der Waals surface area contributed by atoms with Crippen molar-refractivity contribution >= 4 is 0 Å². The molecular formula is C20H34OY. The molecule has 2 fully saturated rings. The first-order chi connectivity index (χ1) is 10.1. The summed E-state index contributed by atoms with van der Waals surface area (Å²) >= 11 is 0. The molecule has 0 heterocycles. The molecule has 0 spiro atoms. The van der Waals surface area contributed by atoms with Crippen LogP contribution in [-0.4, -0.2) is 11.2 Å². The average molecular weight is 379 g/mol. The van der Waals surface area contributed by atoms with Gasteiger partial charge in [0.15, 0.2) is 0 Å². The largest absolute Gasteiger partial charge is 0.392 e. The van der Waals surface area contributed by atoms with E-state index in [9.17, 15) is 5.11 Å². The predicted molar refractivity (Wildman–Crippen MR) is 89.1 cm³/mol. The Hall–Kier alpha value is 0.804. The van der Waals surface area contributed by atoms with Crippen LogP contribution in [0, 0.1) is 29.6 Å². The van der Waals surface area contributed by atoms with Crippen LogP contribution in [0.4, 0.5) is 0 Å².